The molecule has 0 fully saturated rings. The van der Waals surface area contributed by atoms with Crippen LogP contribution >= 0.6 is 0 Å². The van der Waals surface area contributed by atoms with Crippen LogP contribution in [0.1, 0.15) is 50.0 Å². The number of ether oxygens (including phenoxy) is 2. The molecule has 1 aromatic heterocycles. The van der Waals surface area contributed by atoms with Crippen LogP contribution in [0.25, 0.3) is 0 Å². The van der Waals surface area contributed by atoms with Crippen LogP contribution in [0.2, 0.25) is 0 Å². The van der Waals surface area contributed by atoms with Gasteiger partial charge in [0.2, 0.25) is 5.89 Å². The summed E-state index contributed by atoms with van der Waals surface area (Å²) in [5.74, 6) is 3.18. The summed E-state index contributed by atoms with van der Waals surface area (Å²) in [5.41, 5.74) is 1.14. The Morgan fingerprint density at radius 2 is 2.25 bits per heavy atom. The number of aromatic nitrogens is 2. The topological polar surface area (TPSA) is 60.6 Å². The molecule has 0 unspecified atom stereocenters. The summed E-state index contributed by atoms with van der Waals surface area (Å²) in [6, 6.07) is 6.02. The normalized spacial score (nSPS) is 16.1. The second-order valence-electron chi connectivity index (χ2n) is 6.12. The van der Waals surface area contributed by atoms with E-state index in [1.165, 1.54) is 0 Å². The second-order valence-corrected chi connectivity index (χ2v) is 6.12. The van der Waals surface area contributed by atoms with Gasteiger partial charge in [-0.25, -0.2) is 0 Å². The zero-order valence-corrected chi connectivity index (χ0v) is 14.6. The molecule has 1 aliphatic rings. The van der Waals surface area contributed by atoms with Crippen molar-refractivity contribution in [3.63, 3.8) is 0 Å². The first kappa shape index (κ1) is 16.8. The van der Waals surface area contributed by atoms with Gasteiger partial charge in [0.05, 0.1) is 13.2 Å². The van der Waals surface area contributed by atoms with Gasteiger partial charge in [-0.3, -0.25) is 4.90 Å². The minimum Gasteiger partial charge on any atom is -0.497 e. The molecule has 130 valence electrons. The highest BCUT2D eigenvalue weighted by molar-refractivity contribution is 5.41. The first-order valence-corrected chi connectivity index (χ1v) is 8.57. The van der Waals surface area contributed by atoms with Crippen LogP contribution in [-0.4, -0.2) is 35.3 Å². The zero-order chi connectivity index (χ0) is 16.9. The van der Waals surface area contributed by atoms with Crippen LogP contribution in [0.3, 0.4) is 0 Å². The van der Waals surface area contributed by atoms with Gasteiger partial charge in [-0.1, -0.05) is 24.6 Å². The van der Waals surface area contributed by atoms with Gasteiger partial charge in [-0.05, 0) is 19.4 Å². The van der Waals surface area contributed by atoms with Gasteiger partial charge in [0, 0.05) is 31.1 Å². The average molecular weight is 331 g/mol. The third-order valence-corrected chi connectivity index (χ3v) is 4.43. The number of hydrogen-bond donors (Lipinski definition) is 0. The molecule has 0 saturated heterocycles. The lowest BCUT2D eigenvalue weighted by molar-refractivity contribution is 0.151. The van der Waals surface area contributed by atoms with E-state index in [1.54, 1.807) is 7.11 Å². The van der Waals surface area contributed by atoms with Crippen LogP contribution in [0.5, 0.6) is 11.5 Å². The molecule has 0 spiro atoms. The van der Waals surface area contributed by atoms with Gasteiger partial charge in [-0.2, -0.15) is 4.98 Å². The van der Waals surface area contributed by atoms with Crippen LogP contribution in [-0.2, 0) is 13.0 Å². The fraction of sp³-hybridized carbons (Fsp3) is 0.556. The van der Waals surface area contributed by atoms with E-state index in [4.69, 9.17) is 14.0 Å². The summed E-state index contributed by atoms with van der Waals surface area (Å²) in [7, 11) is 1.67. The van der Waals surface area contributed by atoms with Gasteiger partial charge in [0.1, 0.15) is 18.1 Å². The monoisotopic (exact) mass is 331 g/mol. The summed E-state index contributed by atoms with van der Waals surface area (Å²) >= 11 is 0. The van der Waals surface area contributed by atoms with E-state index in [-0.39, 0.29) is 6.04 Å². The summed E-state index contributed by atoms with van der Waals surface area (Å²) < 4.78 is 16.6. The Bertz CT molecular complexity index is 671. The Hall–Kier alpha value is -2.08. The highest BCUT2D eigenvalue weighted by Crippen LogP contribution is 2.31. The first-order chi connectivity index (χ1) is 11.7. The fourth-order valence-corrected chi connectivity index (χ4v) is 2.86. The van der Waals surface area contributed by atoms with Crippen molar-refractivity contribution in [2.75, 3.05) is 20.3 Å². The Balaban J connectivity index is 1.72. The largest absolute Gasteiger partial charge is 0.497 e. The van der Waals surface area contributed by atoms with E-state index in [1.807, 2.05) is 12.1 Å². The maximum Gasteiger partial charge on any atom is 0.243 e. The van der Waals surface area contributed by atoms with Crippen LogP contribution in [0.4, 0.5) is 0 Å². The van der Waals surface area contributed by atoms with E-state index in [2.05, 4.69) is 35.0 Å². The van der Waals surface area contributed by atoms with E-state index >= 15 is 0 Å². The van der Waals surface area contributed by atoms with Crippen molar-refractivity contribution >= 4 is 0 Å². The van der Waals surface area contributed by atoms with Crippen molar-refractivity contribution in [1.82, 2.24) is 15.0 Å². The molecule has 0 N–H and O–H groups in total. The number of unbranched alkanes of at least 4 members (excludes halogenated alkanes) is 1. The molecule has 3 rings (SSSR count). The van der Waals surface area contributed by atoms with Crippen molar-refractivity contribution in [3.8, 4) is 11.5 Å². The fourth-order valence-electron chi connectivity index (χ4n) is 2.86. The molecule has 24 heavy (non-hydrogen) atoms. The highest BCUT2D eigenvalue weighted by Gasteiger charge is 2.25. The molecule has 2 aromatic rings. The molecule has 6 nitrogen and oxygen atoms in total. The SMILES string of the molecule is CCCCc1noc([C@H](C)N2CCOc3cc(OC)ccc3C2)n1. The molecule has 0 saturated carbocycles. The van der Waals surface area contributed by atoms with Gasteiger partial charge in [0.15, 0.2) is 5.82 Å². The van der Waals surface area contributed by atoms with E-state index in [9.17, 15) is 0 Å². The summed E-state index contributed by atoms with van der Waals surface area (Å²) in [6.45, 7) is 6.48. The number of hydrogen-bond acceptors (Lipinski definition) is 6. The minimum atomic E-state index is 0.0597. The number of nitrogens with zero attached hydrogens (tertiary/aromatic N) is 3. The lowest BCUT2D eigenvalue weighted by Gasteiger charge is -2.24. The summed E-state index contributed by atoms with van der Waals surface area (Å²) in [4.78, 5) is 6.86. The second kappa shape index (κ2) is 7.66. The van der Waals surface area contributed by atoms with E-state index < -0.39 is 0 Å². The molecule has 2 heterocycles. The highest BCUT2D eigenvalue weighted by atomic mass is 16.5. The molecule has 6 heteroatoms. The van der Waals surface area contributed by atoms with Gasteiger partial charge in [0.25, 0.3) is 0 Å². The molecule has 0 amide bonds. The molecule has 0 bridgehead atoms. The smallest absolute Gasteiger partial charge is 0.243 e. The maximum absolute atomic E-state index is 5.88. The number of fused-ring (bicyclic) bond motifs is 1. The van der Waals surface area contributed by atoms with Crippen LogP contribution in [0.15, 0.2) is 22.7 Å². The van der Waals surface area contributed by atoms with Crippen molar-refractivity contribution in [1.29, 1.82) is 0 Å². The van der Waals surface area contributed by atoms with E-state index in [0.717, 1.165) is 55.2 Å². The molecule has 1 aromatic carbocycles. The predicted octanol–water partition coefficient (Wildman–Crippen LogP) is 3.38. The van der Waals surface area contributed by atoms with E-state index in [0.29, 0.717) is 12.5 Å². The number of benzene rings is 1. The molecule has 1 aliphatic heterocycles. The van der Waals surface area contributed by atoms with Crippen molar-refractivity contribution < 1.29 is 14.0 Å². The van der Waals surface area contributed by atoms with Gasteiger partial charge < -0.3 is 14.0 Å². The van der Waals surface area contributed by atoms with Gasteiger partial charge in [-0.15, -0.1) is 0 Å². The molecule has 0 radical (unpaired) electrons. The third kappa shape index (κ3) is 3.70. The number of rotatable bonds is 6. The molecule has 1 atom stereocenters. The van der Waals surface area contributed by atoms with Crippen LogP contribution in [0, 0.1) is 0 Å². The Morgan fingerprint density at radius 3 is 3.04 bits per heavy atom. The molecular weight excluding hydrogens is 306 g/mol. The van der Waals surface area contributed by atoms with Crippen LogP contribution < -0.4 is 9.47 Å². The molecule has 0 aliphatic carbocycles. The standard InChI is InChI=1S/C18H25N3O3/c1-4-5-6-17-19-18(24-20-17)13(2)21-9-10-23-16-11-15(22-3)8-7-14(16)12-21/h7-8,11,13H,4-6,9-10,12H2,1-3H3/t13-/m0/s1. The maximum atomic E-state index is 5.88. The molecular formula is C18H25N3O3. The minimum absolute atomic E-state index is 0.0597. The van der Waals surface area contributed by atoms with Crippen molar-refractivity contribution in [2.45, 2.75) is 45.7 Å². The third-order valence-electron chi connectivity index (χ3n) is 4.43. The first-order valence-electron chi connectivity index (χ1n) is 8.57. The predicted molar refractivity (Wildman–Crippen MR) is 90.2 cm³/mol. The zero-order valence-electron chi connectivity index (χ0n) is 14.6. The van der Waals surface area contributed by atoms with Gasteiger partial charge >= 0.3 is 0 Å². The summed E-state index contributed by atoms with van der Waals surface area (Å²) in [5, 5.41) is 4.10. The van der Waals surface area contributed by atoms with Crippen molar-refractivity contribution in [3.05, 3.63) is 35.5 Å². The van der Waals surface area contributed by atoms with Crippen molar-refractivity contribution in [2.24, 2.45) is 0 Å². The quantitative estimate of drug-likeness (QED) is 0.809. The Morgan fingerprint density at radius 1 is 1.38 bits per heavy atom. The number of methoxy groups -OCH3 is 1. The number of aryl methyl sites for hydroxylation is 1. The Kier molecular flexibility index (Phi) is 5.35. The average Bonchev–Trinajstić information content (AvgIpc) is 2.97. The Labute approximate surface area is 142 Å². The summed E-state index contributed by atoms with van der Waals surface area (Å²) in [6.07, 6.45) is 3.09. The lowest BCUT2D eigenvalue weighted by Crippen LogP contribution is -2.29. The lowest BCUT2D eigenvalue weighted by atomic mass is 10.1.